The lowest BCUT2D eigenvalue weighted by Gasteiger charge is -2.40. The first-order valence-corrected chi connectivity index (χ1v) is 5.34. The third kappa shape index (κ3) is 3.23. The van der Waals surface area contributed by atoms with Crippen molar-refractivity contribution in [2.24, 2.45) is 0 Å². The molecular formula is C11H20N2O2. The first-order chi connectivity index (χ1) is 7.12. The molecule has 0 aromatic rings. The number of hydrogen-bond donors (Lipinski definition) is 2. The predicted molar refractivity (Wildman–Crippen MR) is 59.8 cm³/mol. The summed E-state index contributed by atoms with van der Waals surface area (Å²) in [5, 5.41) is 5.57. The van der Waals surface area contributed by atoms with Crippen molar-refractivity contribution >= 4 is 6.03 Å². The Morgan fingerprint density at radius 3 is 2.73 bits per heavy atom. The second-order valence-corrected chi connectivity index (χ2v) is 4.09. The highest BCUT2D eigenvalue weighted by molar-refractivity contribution is 5.74. The second-order valence-electron chi connectivity index (χ2n) is 4.09. The molecule has 4 nitrogen and oxygen atoms in total. The Morgan fingerprint density at radius 1 is 1.67 bits per heavy atom. The van der Waals surface area contributed by atoms with E-state index in [1.807, 2.05) is 6.92 Å². The fraction of sp³-hybridized carbons (Fsp3) is 0.727. The number of amides is 2. The van der Waals surface area contributed by atoms with Crippen LogP contribution in [0.2, 0.25) is 0 Å². The van der Waals surface area contributed by atoms with Gasteiger partial charge in [0, 0.05) is 19.7 Å². The summed E-state index contributed by atoms with van der Waals surface area (Å²) in [5.74, 6) is 0. The van der Waals surface area contributed by atoms with E-state index >= 15 is 0 Å². The Balaban J connectivity index is 2.24. The molecule has 1 aliphatic rings. The molecule has 2 amide bonds. The number of nitrogens with one attached hydrogen (secondary N) is 2. The number of carbonyl (C=O) groups excluding carboxylic acids is 1. The van der Waals surface area contributed by atoms with E-state index in [1.165, 1.54) is 6.42 Å². The SMILES string of the molecule is C=CC(C)NC(=O)NCC1(OC)CCC1. The topological polar surface area (TPSA) is 50.4 Å². The van der Waals surface area contributed by atoms with E-state index in [2.05, 4.69) is 17.2 Å². The van der Waals surface area contributed by atoms with Crippen LogP contribution in [-0.4, -0.2) is 31.3 Å². The number of methoxy groups -OCH3 is 1. The molecule has 1 unspecified atom stereocenters. The summed E-state index contributed by atoms with van der Waals surface area (Å²) in [5.41, 5.74) is -0.116. The zero-order valence-electron chi connectivity index (χ0n) is 9.51. The third-order valence-corrected chi connectivity index (χ3v) is 2.98. The standard InChI is InChI=1S/C11H20N2O2/c1-4-9(2)13-10(14)12-8-11(15-3)6-5-7-11/h4,9H,1,5-8H2,2-3H3,(H2,12,13,14). The van der Waals surface area contributed by atoms with Gasteiger partial charge in [0.25, 0.3) is 0 Å². The van der Waals surface area contributed by atoms with E-state index in [-0.39, 0.29) is 17.7 Å². The molecule has 0 aromatic carbocycles. The van der Waals surface area contributed by atoms with Crippen LogP contribution >= 0.6 is 0 Å². The molecule has 15 heavy (non-hydrogen) atoms. The van der Waals surface area contributed by atoms with Crippen LogP contribution < -0.4 is 10.6 Å². The molecule has 0 saturated heterocycles. The summed E-state index contributed by atoms with van der Waals surface area (Å²) >= 11 is 0. The average Bonchev–Trinajstić information content (AvgIpc) is 2.16. The highest BCUT2D eigenvalue weighted by Crippen LogP contribution is 2.34. The highest BCUT2D eigenvalue weighted by Gasteiger charge is 2.37. The summed E-state index contributed by atoms with van der Waals surface area (Å²) in [7, 11) is 1.70. The molecule has 1 rings (SSSR count). The van der Waals surface area contributed by atoms with Gasteiger partial charge in [-0.1, -0.05) is 6.08 Å². The zero-order valence-corrected chi connectivity index (χ0v) is 9.51. The van der Waals surface area contributed by atoms with Gasteiger partial charge in [0.2, 0.25) is 0 Å². The maximum absolute atomic E-state index is 11.4. The van der Waals surface area contributed by atoms with Gasteiger partial charge in [0.15, 0.2) is 0 Å². The minimum atomic E-state index is -0.161. The molecule has 1 aliphatic carbocycles. The fourth-order valence-corrected chi connectivity index (χ4v) is 1.58. The smallest absolute Gasteiger partial charge is 0.315 e. The van der Waals surface area contributed by atoms with E-state index in [9.17, 15) is 4.79 Å². The number of rotatable bonds is 5. The number of hydrogen-bond acceptors (Lipinski definition) is 2. The van der Waals surface area contributed by atoms with Crippen molar-refractivity contribution in [2.75, 3.05) is 13.7 Å². The predicted octanol–water partition coefficient (Wildman–Crippen LogP) is 1.43. The van der Waals surface area contributed by atoms with Gasteiger partial charge in [-0.25, -0.2) is 4.79 Å². The monoisotopic (exact) mass is 212 g/mol. The van der Waals surface area contributed by atoms with Crippen LogP contribution in [0.3, 0.4) is 0 Å². The van der Waals surface area contributed by atoms with Crippen molar-refractivity contribution in [1.29, 1.82) is 0 Å². The molecule has 0 spiro atoms. The van der Waals surface area contributed by atoms with Crippen LogP contribution in [0, 0.1) is 0 Å². The summed E-state index contributed by atoms with van der Waals surface area (Å²) in [4.78, 5) is 11.4. The minimum Gasteiger partial charge on any atom is -0.376 e. The molecule has 0 bridgehead atoms. The normalized spacial score (nSPS) is 19.9. The molecule has 1 atom stereocenters. The number of carbonyl (C=O) groups is 1. The van der Waals surface area contributed by atoms with Gasteiger partial charge in [-0.3, -0.25) is 0 Å². The molecule has 86 valence electrons. The molecule has 0 aromatic heterocycles. The van der Waals surface area contributed by atoms with Crippen LogP contribution in [-0.2, 0) is 4.74 Å². The molecule has 4 heteroatoms. The molecule has 2 N–H and O–H groups in total. The minimum absolute atomic E-state index is 0.00937. The van der Waals surface area contributed by atoms with E-state index in [1.54, 1.807) is 13.2 Å². The summed E-state index contributed by atoms with van der Waals surface area (Å²) < 4.78 is 5.39. The fourth-order valence-electron chi connectivity index (χ4n) is 1.58. The van der Waals surface area contributed by atoms with Crippen molar-refractivity contribution in [3.8, 4) is 0 Å². The Morgan fingerprint density at radius 2 is 2.33 bits per heavy atom. The summed E-state index contributed by atoms with van der Waals surface area (Å²) in [6.07, 6.45) is 4.93. The van der Waals surface area contributed by atoms with Crippen LogP contribution in [0.15, 0.2) is 12.7 Å². The number of urea groups is 1. The molecule has 0 aliphatic heterocycles. The Labute approximate surface area is 91.1 Å². The molecule has 0 radical (unpaired) electrons. The maximum atomic E-state index is 11.4. The largest absolute Gasteiger partial charge is 0.376 e. The van der Waals surface area contributed by atoms with Crippen LogP contribution in [0.1, 0.15) is 26.2 Å². The zero-order chi connectivity index (χ0) is 11.3. The van der Waals surface area contributed by atoms with E-state index < -0.39 is 0 Å². The van der Waals surface area contributed by atoms with Crippen LogP contribution in [0.4, 0.5) is 4.79 Å². The van der Waals surface area contributed by atoms with Crippen molar-refractivity contribution in [1.82, 2.24) is 10.6 Å². The summed E-state index contributed by atoms with van der Waals surface area (Å²) in [6, 6.07) is -0.171. The molecule has 1 saturated carbocycles. The van der Waals surface area contributed by atoms with Gasteiger partial charge < -0.3 is 15.4 Å². The van der Waals surface area contributed by atoms with Crippen LogP contribution in [0.5, 0.6) is 0 Å². The van der Waals surface area contributed by atoms with Crippen LogP contribution in [0.25, 0.3) is 0 Å². The van der Waals surface area contributed by atoms with Gasteiger partial charge in [0.1, 0.15) is 0 Å². The van der Waals surface area contributed by atoms with Crippen molar-refractivity contribution < 1.29 is 9.53 Å². The first-order valence-electron chi connectivity index (χ1n) is 5.34. The van der Waals surface area contributed by atoms with Gasteiger partial charge in [-0.05, 0) is 26.2 Å². The second kappa shape index (κ2) is 5.16. The molecule has 0 heterocycles. The Hall–Kier alpha value is -1.03. The Bertz CT molecular complexity index is 231. The summed E-state index contributed by atoms with van der Waals surface area (Å²) in [6.45, 7) is 6.06. The average molecular weight is 212 g/mol. The van der Waals surface area contributed by atoms with Gasteiger partial charge in [-0.2, -0.15) is 0 Å². The lowest BCUT2D eigenvalue weighted by molar-refractivity contribution is -0.0674. The van der Waals surface area contributed by atoms with E-state index in [4.69, 9.17) is 4.74 Å². The Kier molecular flexibility index (Phi) is 4.15. The quantitative estimate of drug-likeness (QED) is 0.677. The molecule has 1 fully saturated rings. The van der Waals surface area contributed by atoms with Crippen molar-refractivity contribution in [3.63, 3.8) is 0 Å². The molecular weight excluding hydrogens is 192 g/mol. The van der Waals surface area contributed by atoms with E-state index in [0.717, 1.165) is 12.8 Å². The first kappa shape index (κ1) is 12.0. The van der Waals surface area contributed by atoms with Gasteiger partial charge in [0.05, 0.1) is 5.60 Å². The third-order valence-electron chi connectivity index (χ3n) is 2.98. The van der Waals surface area contributed by atoms with Gasteiger partial charge in [-0.15, -0.1) is 6.58 Å². The van der Waals surface area contributed by atoms with Gasteiger partial charge >= 0.3 is 6.03 Å². The number of ether oxygens (including phenoxy) is 1. The van der Waals surface area contributed by atoms with Crippen molar-refractivity contribution in [2.45, 2.75) is 37.8 Å². The van der Waals surface area contributed by atoms with Crippen molar-refractivity contribution in [3.05, 3.63) is 12.7 Å². The highest BCUT2D eigenvalue weighted by atomic mass is 16.5. The lowest BCUT2D eigenvalue weighted by atomic mass is 9.80. The van der Waals surface area contributed by atoms with E-state index in [0.29, 0.717) is 6.54 Å². The maximum Gasteiger partial charge on any atom is 0.315 e. The lowest BCUT2D eigenvalue weighted by Crippen LogP contribution is -2.52.